The first-order valence-corrected chi connectivity index (χ1v) is 10.0. The second-order valence-corrected chi connectivity index (χ2v) is 7.70. The first kappa shape index (κ1) is 18.8. The van der Waals surface area contributed by atoms with Crippen LogP contribution in [0.25, 0.3) is 21.3 Å². The van der Waals surface area contributed by atoms with Gasteiger partial charge < -0.3 is 10.6 Å². The Hall–Kier alpha value is -3.51. The average molecular weight is 401 g/mol. The van der Waals surface area contributed by atoms with Crippen LogP contribution >= 0.6 is 11.3 Å². The molecule has 2 amide bonds. The Morgan fingerprint density at radius 1 is 0.897 bits per heavy atom. The number of amides is 2. The van der Waals surface area contributed by atoms with Gasteiger partial charge in [0.2, 0.25) is 11.8 Å². The number of anilines is 2. The summed E-state index contributed by atoms with van der Waals surface area (Å²) in [5.74, 6) is -0.186. The second-order valence-electron chi connectivity index (χ2n) is 6.67. The van der Waals surface area contributed by atoms with E-state index in [2.05, 4.69) is 15.6 Å². The third-order valence-electron chi connectivity index (χ3n) is 4.36. The molecule has 6 heteroatoms. The summed E-state index contributed by atoms with van der Waals surface area (Å²) in [6.07, 6.45) is 0.337. The number of benzene rings is 3. The van der Waals surface area contributed by atoms with Gasteiger partial charge in [0.05, 0.1) is 16.6 Å². The SMILES string of the molecule is CC(=O)Nc1nc2ccc(-c3cccc(NC(=O)Cc4ccccc4)c3)cc2s1. The number of thiazole rings is 1. The van der Waals surface area contributed by atoms with E-state index in [1.165, 1.54) is 18.3 Å². The van der Waals surface area contributed by atoms with Gasteiger partial charge in [-0.25, -0.2) is 4.98 Å². The lowest BCUT2D eigenvalue weighted by Gasteiger charge is -2.08. The Morgan fingerprint density at radius 3 is 2.48 bits per heavy atom. The van der Waals surface area contributed by atoms with E-state index in [9.17, 15) is 9.59 Å². The minimum atomic E-state index is -0.136. The van der Waals surface area contributed by atoms with Crippen molar-refractivity contribution in [2.75, 3.05) is 10.6 Å². The number of aromatic nitrogens is 1. The van der Waals surface area contributed by atoms with E-state index >= 15 is 0 Å². The number of carbonyl (C=O) groups is 2. The van der Waals surface area contributed by atoms with Gasteiger partial charge in [-0.3, -0.25) is 9.59 Å². The zero-order valence-corrected chi connectivity index (χ0v) is 16.6. The Morgan fingerprint density at radius 2 is 1.69 bits per heavy atom. The maximum absolute atomic E-state index is 12.3. The molecule has 0 aliphatic carbocycles. The van der Waals surface area contributed by atoms with Crippen LogP contribution in [0.4, 0.5) is 10.8 Å². The second kappa shape index (κ2) is 8.24. The fraction of sp³-hybridized carbons (Fsp3) is 0.0870. The van der Waals surface area contributed by atoms with Crippen LogP contribution < -0.4 is 10.6 Å². The highest BCUT2D eigenvalue weighted by atomic mass is 32.1. The number of hydrogen-bond acceptors (Lipinski definition) is 4. The molecular formula is C23H19N3O2S. The normalized spacial score (nSPS) is 10.7. The van der Waals surface area contributed by atoms with Crippen LogP contribution in [0.2, 0.25) is 0 Å². The van der Waals surface area contributed by atoms with E-state index in [0.29, 0.717) is 11.6 Å². The third kappa shape index (κ3) is 4.67. The molecule has 144 valence electrons. The molecule has 2 N–H and O–H groups in total. The molecule has 0 unspecified atom stereocenters. The van der Waals surface area contributed by atoms with Gasteiger partial charge in [-0.15, -0.1) is 0 Å². The molecule has 0 bridgehead atoms. The molecule has 0 spiro atoms. The van der Waals surface area contributed by atoms with Crippen LogP contribution in [0.1, 0.15) is 12.5 Å². The van der Waals surface area contributed by atoms with Gasteiger partial charge in [0.25, 0.3) is 0 Å². The Balaban J connectivity index is 1.53. The number of hydrogen-bond donors (Lipinski definition) is 2. The molecule has 4 rings (SSSR count). The molecule has 0 aliphatic heterocycles. The number of nitrogens with one attached hydrogen (secondary N) is 2. The minimum absolute atomic E-state index is 0.0498. The lowest BCUT2D eigenvalue weighted by atomic mass is 10.0. The predicted octanol–water partition coefficient (Wildman–Crippen LogP) is 5.10. The van der Waals surface area contributed by atoms with Crippen molar-refractivity contribution in [1.29, 1.82) is 0 Å². The van der Waals surface area contributed by atoms with Gasteiger partial charge in [0.15, 0.2) is 5.13 Å². The predicted molar refractivity (Wildman–Crippen MR) is 118 cm³/mol. The summed E-state index contributed by atoms with van der Waals surface area (Å²) in [5.41, 5.74) is 4.60. The third-order valence-corrected chi connectivity index (χ3v) is 5.29. The van der Waals surface area contributed by atoms with E-state index in [-0.39, 0.29) is 11.8 Å². The topological polar surface area (TPSA) is 71.1 Å². The van der Waals surface area contributed by atoms with E-state index in [0.717, 1.165) is 32.6 Å². The van der Waals surface area contributed by atoms with Crippen LogP contribution in [-0.4, -0.2) is 16.8 Å². The number of carbonyl (C=O) groups excluding carboxylic acids is 2. The highest BCUT2D eigenvalue weighted by molar-refractivity contribution is 7.22. The summed E-state index contributed by atoms with van der Waals surface area (Å²) in [6, 6.07) is 23.4. The summed E-state index contributed by atoms with van der Waals surface area (Å²) < 4.78 is 0.991. The molecule has 1 heterocycles. The number of nitrogens with zero attached hydrogens (tertiary/aromatic N) is 1. The zero-order valence-electron chi connectivity index (χ0n) is 15.8. The van der Waals surface area contributed by atoms with Crippen molar-refractivity contribution in [2.24, 2.45) is 0 Å². The fourth-order valence-electron chi connectivity index (χ4n) is 3.07. The molecule has 0 saturated carbocycles. The van der Waals surface area contributed by atoms with E-state index in [1.54, 1.807) is 0 Å². The Bertz CT molecular complexity index is 1190. The fourth-order valence-corrected chi connectivity index (χ4v) is 4.02. The summed E-state index contributed by atoms with van der Waals surface area (Å²) in [4.78, 5) is 28.0. The molecule has 4 aromatic rings. The van der Waals surface area contributed by atoms with Gasteiger partial charge in [-0.05, 0) is 41.0 Å². The smallest absolute Gasteiger partial charge is 0.228 e. The minimum Gasteiger partial charge on any atom is -0.326 e. The summed E-state index contributed by atoms with van der Waals surface area (Å²) in [7, 11) is 0. The molecular weight excluding hydrogens is 382 g/mol. The molecule has 0 fully saturated rings. The largest absolute Gasteiger partial charge is 0.326 e. The van der Waals surface area contributed by atoms with E-state index in [4.69, 9.17) is 0 Å². The molecule has 0 aliphatic rings. The molecule has 3 aromatic carbocycles. The average Bonchev–Trinajstić information content (AvgIpc) is 3.09. The Labute approximate surface area is 172 Å². The van der Waals surface area contributed by atoms with Crippen LogP contribution in [0.5, 0.6) is 0 Å². The molecule has 0 atom stereocenters. The van der Waals surface area contributed by atoms with E-state index in [1.807, 2.05) is 72.8 Å². The van der Waals surface area contributed by atoms with Crippen LogP contribution in [0.3, 0.4) is 0 Å². The van der Waals surface area contributed by atoms with Crippen LogP contribution in [0, 0.1) is 0 Å². The van der Waals surface area contributed by atoms with Gasteiger partial charge in [0.1, 0.15) is 0 Å². The molecule has 0 radical (unpaired) electrons. The monoisotopic (exact) mass is 401 g/mol. The quantitative estimate of drug-likeness (QED) is 0.489. The highest BCUT2D eigenvalue weighted by Gasteiger charge is 2.09. The van der Waals surface area contributed by atoms with Crippen molar-refractivity contribution in [3.8, 4) is 11.1 Å². The van der Waals surface area contributed by atoms with Crippen molar-refractivity contribution in [2.45, 2.75) is 13.3 Å². The van der Waals surface area contributed by atoms with Gasteiger partial charge >= 0.3 is 0 Å². The van der Waals surface area contributed by atoms with Gasteiger partial charge in [-0.2, -0.15) is 0 Å². The van der Waals surface area contributed by atoms with Crippen LogP contribution in [-0.2, 0) is 16.0 Å². The van der Waals surface area contributed by atoms with Crippen molar-refractivity contribution < 1.29 is 9.59 Å². The maximum atomic E-state index is 12.3. The lowest BCUT2D eigenvalue weighted by Crippen LogP contribution is -2.14. The summed E-state index contributed by atoms with van der Waals surface area (Å²) in [6.45, 7) is 1.47. The first-order chi connectivity index (χ1) is 14.1. The summed E-state index contributed by atoms with van der Waals surface area (Å²) in [5, 5.41) is 6.28. The van der Waals surface area contributed by atoms with Crippen molar-refractivity contribution in [1.82, 2.24) is 4.98 Å². The number of fused-ring (bicyclic) bond motifs is 1. The highest BCUT2D eigenvalue weighted by Crippen LogP contribution is 2.31. The number of rotatable bonds is 5. The first-order valence-electron chi connectivity index (χ1n) is 9.19. The molecule has 1 aromatic heterocycles. The Kier molecular flexibility index (Phi) is 5.35. The van der Waals surface area contributed by atoms with Crippen LogP contribution in [0.15, 0.2) is 72.8 Å². The maximum Gasteiger partial charge on any atom is 0.228 e. The summed E-state index contributed by atoms with van der Waals surface area (Å²) >= 11 is 1.44. The molecule has 29 heavy (non-hydrogen) atoms. The van der Waals surface area contributed by atoms with Gasteiger partial charge in [0, 0.05) is 12.6 Å². The lowest BCUT2D eigenvalue weighted by molar-refractivity contribution is -0.116. The van der Waals surface area contributed by atoms with E-state index < -0.39 is 0 Å². The standard InChI is InChI=1S/C23H19N3O2S/c1-15(27)24-23-26-20-11-10-18(14-21(20)29-23)17-8-5-9-19(13-17)25-22(28)12-16-6-3-2-4-7-16/h2-11,13-14H,12H2,1H3,(H,25,28)(H,24,26,27). The molecule has 0 saturated heterocycles. The van der Waals surface area contributed by atoms with Crippen molar-refractivity contribution >= 4 is 44.2 Å². The van der Waals surface area contributed by atoms with Crippen molar-refractivity contribution in [3.05, 3.63) is 78.4 Å². The van der Waals surface area contributed by atoms with Crippen molar-refractivity contribution in [3.63, 3.8) is 0 Å². The molecule has 5 nitrogen and oxygen atoms in total. The zero-order chi connectivity index (χ0) is 20.2. The van der Waals surface area contributed by atoms with Gasteiger partial charge in [-0.1, -0.05) is 59.9 Å².